The van der Waals surface area contributed by atoms with Crippen molar-refractivity contribution in [1.29, 1.82) is 0 Å². The molecule has 36 heavy (non-hydrogen) atoms. The number of halogens is 2. The van der Waals surface area contributed by atoms with Crippen LogP contribution >= 0.6 is 0 Å². The Kier molecular flexibility index (Phi) is 6.12. The molecule has 1 heterocycles. The molecule has 0 saturated heterocycles. The Bertz CT molecular complexity index is 1660. The number of hydrogen-bond acceptors (Lipinski definition) is 3. The van der Waals surface area contributed by atoms with E-state index in [2.05, 4.69) is 5.32 Å². The van der Waals surface area contributed by atoms with E-state index in [9.17, 15) is 22.0 Å². The van der Waals surface area contributed by atoms with Crippen molar-refractivity contribution in [2.24, 2.45) is 0 Å². The Hall–Kier alpha value is -4.30. The largest absolute Gasteiger partial charge is 0.348 e. The summed E-state index contributed by atoms with van der Waals surface area (Å²) < 4.78 is 54.7. The minimum absolute atomic E-state index is 0.0176. The summed E-state index contributed by atoms with van der Waals surface area (Å²) in [4.78, 5) is 12.5. The van der Waals surface area contributed by atoms with E-state index in [1.165, 1.54) is 58.7 Å². The van der Waals surface area contributed by atoms with Crippen LogP contribution in [0.5, 0.6) is 0 Å². The van der Waals surface area contributed by atoms with Crippen molar-refractivity contribution in [2.75, 3.05) is 0 Å². The van der Waals surface area contributed by atoms with Crippen molar-refractivity contribution in [1.82, 2.24) is 9.29 Å². The molecule has 0 aliphatic heterocycles. The highest BCUT2D eigenvalue weighted by Gasteiger charge is 2.22. The van der Waals surface area contributed by atoms with Gasteiger partial charge in [0.05, 0.1) is 10.4 Å². The molecular formula is C28H20F2N2O3S. The van der Waals surface area contributed by atoms with Gasteiger partial charge < -0.3 is 5.32 Å². The molecule has 1 N–H and O–H groups in total. The number of carbonyl (C=O) groups excluding carboxylic acids is 1. The Balaban J connectivity index is 1.43. The van der Waals surface area contributed by atoms with Crippen LogP contribution in [0.4, 0.5) is 8.78 Å². The van der Waals surface area contributed by atoms with Crippen LogP contribution in [0.15, 0.2) is 108 Å². The molecule has 0 aliphatic carbocycles. The summed E-state index contributed by atoms with van der Waals surface area (Å²) in [5, 5.41) is 3.44. The second-order valence-electron chi connectivity index (χ2n) is 8.20. The van der Waals surface area contributed by atoms with Crippen molar-refractivity contribution >= 4 is 26.8 Å². The molecule has 0 aliphatic rings. The summed E-state index contributed by atoms with van der Waals surface area (Å²) in [7, 11) is -3.99. The standard InChI is InChI=1S/C28H20F2N2O3S/c29-22-11-5-19(6-12-22)17-31-28(33)21-9-15-24(16-10-21)36(34,35)32-18-26(20-7-13-23(30)14-8-20)25-3-1-2-4-27(25)32/h1-16,18H,17H2,(H,31,33). The molecular weight excluding hydrogens is 482 g/mol. The summed E-state index contributed by atoms with van der Waals surface area (Å²) in [6.45, 7) is 0.209. The number of nitrogens with zero attached hydrogens (tertiary/aromatic N) is 1. The molecule has 1 aromatic heterocycles. The van der Waals surface area contributed by atoms with Crippen LogP contribution in [0.3, 0.4) is 0 Å². The zero-order valence-electron chi connectivity index (χ0n) is 18.9. The van der Waals surface area contributed by atoms with Crippen LogP contribution in [-0.2, 0) is 16.6 Å². The normalized spacial score (nSPS) is 11.5. The van der Waals surface area contributed by atoms with Gasteiger partial charge in [0.15, 0.2) is 0 Å². The molecule has 0 fully saturated rings. The number of carbonyl (C=O) groups is 1. The molecule has 0 radical (unpaired) electrons. The molecule has 0 bridgehead atoms. The minimum Gasteiger partial charge on any atom is -0.348 e. The van der Waals surface area contributed by atoms with E-state index in [4.69, 9.17) is 0 Å². The number of para-hydroxylation sites is 1. The zero-order valence-corrected chi connectivity index (χ0v) is 19.7. The molecule has 5 rings (SSSR count). The first-order valence-electron chi connectivity index (χ1n) is 11.1. The highest BCUT2D eigenvalue weighted by molar-refractivity contribution is 7.90. The minimum atomic E-state index is -3.99. The fraction of sp³-hybridized carbons (Fsp3) is 0.0357. The predicted octanol–water partition coefficient (Wildman–Crippen LogP) is 5.75. The number of aromatic nitrogens is 1. The SMILES string of the molecule is O=C(NCc1ccc(F)cc1)c1ccc(S(=O)(=O)n2cc(-c3ccc(F)cc3)c3ccccc32)cc1. The van der Waals surface area contributed by atoms with Crippen molar-refractivity contribution in [3.8, 4) is 11.1 Å². The van der Waals surface area contributed by atoms with Crippen LogP contribution in [0.25, 0.3) is 22.0 Å². The maximum Gasteiger partial charge on any atom is 0.268 e. The van der Waals surface area contributed by atoms with Gasteiger partial charge in [-0.3, -0.25) is 4.79 Å². The van der Waals surface area contributed by atoms with E-state index in [1.807, 2.05) is 12.1 Å². The predicted molar refractivity (Wildman–Crippen MR) is 134 cm³/mol. The molecule has 0 spiro atoms. The Morgan fingerprint density at radius 1 is 0.778 bits per heavy atom. The van der Waals surface area contributed by atoms with Crippen LogP contribution in [0.2, 0.25) is 0 Å². The molecule has 0 atom stereocenters. The second-order valence-corrected chi connectivity index (χ2v) is 10.0. The lowest BCUT2D eigenvalue weighted by molar-refractivity contribution is 0.0951. The van der Waals surface area contributed by atoms with Crippen molar-refractivity contribution in [3.05, 3.63) is 126 Å². The van der Waals surface area contributed by atoms with Crippen molar-refractivity contribution < 1.29 is 22.0 Å². The summed E-state index contributed by atoms with van der Waals surface area (Å²) >= 11 is 0. The summed E-state index contributed by atoms with van der Waals surface area (Å²) in [6, 6.07) is 24.4. The Morgan fingerprint density at radius 3 is 2.06 bits per heavy atom. The van der Waals surface area contributed by atoms with E-state index in [0.717, 1.165) is 5.56 Å². The second kappa shape index (κ2) is 9.39. The van der Waals surface area contributed by atoms with E-state index in [-0.39, 0.29) is 29.0 Å². The van der Waals surface area contributed by atoms with Gasteiger partial charge in [-0.1, -0.05) is 42.5 Å². The van der Waals surface area contributed by atoms with Gasteiger partial charge in [0.2, 0.25) is 0 Å². The molecule has 0 saturated carbocycles. The highest BCUT2D eigenvalue weighted by atomic mass is 32.2. The summed E-state index contributed by atoms with van der Waals surface area (Å²) in [5.74, 6) is -1.12. The van der Waals surface area contributed by atoms with Gasteiger partial charge in [-0.05, 0) is 65.7 Å². The van der Waals surface area contributed by atoms with E-state index < -0.39 is 10.0 Å². The summed E-state index contributed by atoms with van der Waals surface area (Å²) in [6.07, 6.45) is 1.52. The monoisotopic (exact) mass is 502 g/mol. The third-order valence-corrected chi connectivity index (χ3v) is 7.56. The lowest BCUT2D eigenvalue weighted by atomic mass is 10.1. The molecule has 0 unspecified atom stereocenters. The van der Waals surface area contributed by atoms with Gasteiger partial charge >= 0.3 is 0 Å². The Morgan fingerprint density at radius 2 is 1.39 bits per heavy atom. The first-order valence-corrected chi connectivity index (χ1v) is 12.5. The Labute approximate surface area is 206 Å². The van der Waals surface area contributed by atoms with Gasteiger partial charge in [-0.2, -0.15) is 0 Å². The van der Waals surface area contributed by atoms with Crippen LogP contribution in [0, 0.1) is 11.6 Å². The van der Waals surface area contributed by atoms with Crippen molar-refractivity contribution in [3.63, 3.8) is 0 Å². The average molecular weight is 503 g/mol. The molecule has 5 aromatic rings. The maximum atomic E-state index is 13.5. The smallest absolute Gasteiger partial charge is 0.268 e. The number of nitrogens with one attached hydrogen (secondary N) is 1. The van der Waals surface area contributed by atoms with Crippen molar-refractivity contribution in [2.45, 2.75) is 11.4 Å². The number of benzene rings is 4. The van der Waals surface area contributed by atoms with Crippen LogP contribution < -0.4 is 5.32 Å². The average Bonchev–Trinajstić information content (AvgIpc) is 3.29. The van der Waals surface area contributed by atoms with Gasteiger partial charge in [-0.25, -0.2) is 21.2 Å². The number of amides is 1. The van der Waals surface area contributed by atoms with Gasteiger partial charge in [0, 0.05) is 29.3 Å². The number of hydrogen-bond donors (Lipinski definition) is 1. The first kappa shape index (κ1) is 23.4. The lowest BCUT2D eigenvalue weighted by Gasteiger charge is -2.09. The topological polar surface area (TPSA) is 68.2 Å². The van der Waals surface area contributed by atoms with E-state index in [1.54, 1.807) is 36.4 Å². The fourth-order valence-electron chi connectivity index (χ4n) is 3.99. The third-order valence-electron chi connectivity index (χ3n) is 5.87. The fourth-order valence-corrected chi connectivity index (χ4v) is 5.36. The van der Waals surface area contributed by atoms with Gasteiger partial charge in [-0.15, -0.1) is 0 Å². The van der Waals surface area contributed by atoms with Crippen LogP contribution in [-0.4, -0.2) is 18.3 Å². The van der Waals surface area contributed by atoms with E-state index in [0.29, 0.717) is 27.6 Å². The first-order chi connectivity index (χ1) is 17.3. The number of fused-ring (bicyclic) bond motifs is 1. The molecule has 180 valence electrons. The molecule has 5 nitrogen and oxygen atoms in total. The molecule has 4 aromatic carbocycles. The van der Waals surface area contributed by atoms with E-state index >= 15 is 0 Å². The highest BCUT2D eigenvalue weighted by Crippen LogP contribution is 2.33. The zero-order chi connectivity index (χ0) is 25.3. The lowest BCUT2D eigenvalue weighted by Crippen LogP contribution is -2.22. The maximum absolute atomic E-state index is 13.5. The summed E-state index contributed by atoms with van der Waals surface area (Å²) in [5.41, 5.74) is 2.86. The third kappa shape index (κ3) is 4.50. The van der Waals surface area contributed by atoms with Crippen LogP contribution in [0.1, 0.15) is 15.9 Å². The number of rotatable bonds is 6. The molecule has 8 heteroatoms. The van der Waals surface area contributed by atoms with Gasteiger partial charge in [0.1, 0.15) is 11.6 Å². The molecule has 1 amide bonds. The van der Waals surface area contributed by atoms with Gasteiger partial charge in [0.25, 0.3) is 15.9 Å². The quantitative estimate of drug-likeness (QED) is 0.321.